The third kappa shape index (κ3) is 2.63. The Balaban J connectivity index is 1.53. The molecule has 2 nitrogen and oxygen atoms in total. The zero-order chi connectivity index (χ0) is 12.2. The molecule has 0 saturated heterocycles. The van der Waals surface area contributed by atoms with E-state index in [0.29, 0.717) is 0 Å². The van der Waals surface area contributed by atoms with Crippen LogP contribution in [0.3, 0.4) is 0 Å². The number of furan rings is 1. The molecule has 3 aromatic rings. The van der Waals surface area contributed by atoms with Crippen molar-refractivity contribution in [3.63, 3.8) is 0 Å². The first kappa shape index (κ1) is 11.5. The molecule has 0 radical (unpaired) electrons. The molecule has 2 aromatic heterocycles. The minimum atomic E-state index is 0.792. The number of benzene rings is 1. The van der Waals surface area contributed by atoms with Gasteiger partial charge in [0.25, 0.3) is 0 Å². The highest BCUT2D eigenvalue weighted by Crippen LogP contribution is 2.18. The largest absolute Gasteiger partial charge is 0.460 e. The molecule has 3 rings (SSSR count). The second-order valence-corrected chi connectivity index (χ2v) is 5.29. The van der Waals surface area contributed by atoms with Crippen LogP contribution in [0.1, 0.15) is 10.6 Å². The Hall–Kier alpha value is -1.58. The minimum absolute atomic E-state index is 0.792. The molecule has 0 bridgehead atoms. The van der Waals surface area contributed by atoms with Crippen molar-refractivity contribution in [3.05, 3.63) is 58.5 Å². The van der Waals surface area contributed by atoms with Gasteiger partial charge in [-0.15, -0.1) is 11.3 Å². The van der Waals surface area contributed by atoms with E-state index in [2.05, 4.69) is 35.0 Å². The van der Waals surface area contributed by atoms with Gasteiger partial charge >= 0.3 is 0 Å². The van der Waals surface area contributed by atoms with Crippen LogP contribution in [0.2, 0.25) is 0 Å². The van der Waals surface area contributed by atoms with Crippen molar-refractivity contribution in [2.45, 2.75) is 13.0 Å². The van der Waals surface area contributed by atoms with Gasteiger partial charge < -0.3 is 9.73 Å². The third-order valence-electron chi connectivity index (χ3n) is 2.90. The van der Waals surface area contributed by atoms with Gasteiger partial charge in [0, 0.05) is 16.8 Å². The van der Waals surface area contributed by atoms with Gasteiger partial charge in [-0.3, -0.25) is 0 Å². The summed E-state index contributed by atoms with van der Waals surface area (Å²) in [5.41, 5.74) is 0.965. The van der Waals surface area contributed by atoms with Crippen molar-refractivity contribution in [2.75, 3.05) is 6.54 Å². The maximum atomic E-state index is 5.75. The van der Waals surface area contributed by atoms with Crippen molar-refractivity contribution in [2.24, 2.45) is 0 Å². The summed E-state index contributed by atoms with van der Waals surface area (Å²) in [6.07, 6.45) is 1.08. The van der Waals surface area contributed by atoms with E-state index in [4.69, 9.17) is 4.42 Å². The SMILES string of the molecule is c1csc(CCNCc2cc3ccccc3o2)c1. The fraction of sp³-hybridized carbons (Fsp3) is 0.200. The van der Waals surface area contributed by atoms with E-state index in [-0.39, 0.29) is 0 Å². The minimum Gasteiger partial charge on any atom is -0.460 e. The lowest BCUT2D eigenvalue weighted by atomic mass is 10.2. The smallest absolute Gasteiger partial charge is 0.134 e. The molecule has 92 valence electrons. The van der Waals surface area contributed by atoms with Crippen molar-refractivity contribution >= 4 is 22.3 Å². The second-order valence-electron chi connectivity index (χ2n) is 4.26. The standard InChI is InChI=1S/C15H15NOS/c1-2-6-15-12(4-1)10-13(17-15)11-16-8-7-14-5-3-9-18-14/h1-6,9-10,16H,7-8,11H2. The van der Waals surface area contributed by atoms with Crippen LogP contribution in [0.15, 0.2) is 52.3 Å². The molecule has 0 amide bonds. The lowest BCUT2D eigenvalue weighted by molar-refractivity contribution is 0.515. The molecule has 0 aliphatic rings. The Morgan fingerprint density at radius 2 is 2.06 bits per heavy atom. The molecule has 0 aliphatic heterocycles. The summed E-state index contributed by atoms with van der Waals surface area (Å²) < 4.78 is 5.75. The van der Waals surface area contributed by atoms with E-state index in [1.807, 2.05) is 29.5 Å². The number of fused-ring (bicyclic) bond motifs is 1. The first-order valence-electron chi connectivity index (χ1n) is 6.12. The zero-order valence-corrected chi connectivity index (χ0v) is 10.9. The molecule has 0 spiro atoms. The Morgan fingerprint density at radius 3 is 2.89 bits per heavy atom. The van der Waals surface area contributed by atoms with Crippen molar-refractivity contribution < 1.29 is 4.42 Å². The van der Waals surface area contributed by atoms with Gasteiger partial charge in [0.2, 0.25) is 0 Å². The van der Waals surface area contributed by atoms with Crippen LogP contribution < -0.4 is 5.32 Å². The highest BCUT2D eigenvalue weighted by atomic mass is 32.1. The molecule has 0 unspecified atom stereocenters. The quantitative estimate of drug-likeness (QED) is 0.703. The number of thiophene rings is 1. The molecule has 1 aromatic carbocycles. The van der Waals surface area contributed by atoms with Crippen molar-refractivity contribution in [3.8, 4) is 0 Å². The lowest BCUT2D eigenvalue weighted by Gasteiger charge is -2.00. The maximum absolute atomic E-state index is 5.75. The summed E-state index contributed by atoms with van der Waals surface area (Å²) in [5.74, 6) is 1.00. The van der Waals surface area contributed by atoms with Crippen LogP contribution in [0, 0.1) is 0 Å². The topological polar surface area (TPSA) is 25.2 Å². The Bertz CT molecular complexity index is 579. The van der Waals surface area contributed by atoms with E-state index >= 15 is 0 Å². The van der Waals surface area contributed by atoms with Crippen LogP contribution in [-0.2, 0) is 13.0 Å². The molecule has 0 aliphatic carbocycles. The highest BCUT2D eigenvalue weighted by Gasteiger charge is 2.02. The predicted molar refractivity (Wildman–Crippen MR) is 75.9 cm³/mol. The first-order chi connectivity index (χ1) is 8.92. The molecule has 2 heterocycles. The van der Waals surface area contributed by atoms with Gasteiger partial charge in [0.15, 0.2) is 0 Å². The van der Waals surface area contributed by atoms with Gasteiger partial charge in [-0.1, -0.05) is 24.3 Å². The Kier molecular flexibility index (Phi) is 3.44. The number of nitrogens with one attached hydrogen (secondary N) is 1. The summed E-state index contributed by atoms with van der Waals surface area (Å²) in [5, 5.41) is 6.71. The summed E-state index contributed by atoms with van der Waals surface area (Å²) in [7, 11) is 0. The fourth-order valence-electron chi connectivity index (χ4n) is 2.00. The third-order valence-corrected chi connectivity index (χ3v) is 3.84. The van der Waals surface area contributed by atoms with Crippen LogP contribution >= 0.6 is 11.3 Å². The number of para-hydroxylation sites is 1. The number of hydrogen-bond donors (Lipinski definition) is 1. The van der Waals surface area contributed by atoms with Crippen LogP contribution in [-0.4, -0.2) is 6.54 Å². The Morgan fingerprint density at radius 1 is 1.11 bits per heavy atom. The average Bonchev–Trinajstić information content (AvgIpc) is 3.03. The average molecular weight is 257 g/mol. The predicted octanol–water partition coefficient (Wildman–Crippen LogP) is 3.83. The molecule has 0 saturated carbocycles. The normalized spacial score (nSPS) is 11.1. The van der Waals surface area contributed by atoms with Gasteiger partial charge in [-0.05, 0) is 30.0 Å². The van der Waals surface area contributed by atoms with Crippen LogP contribution in [0.4, 0.5) is 0 Å². The van der Waals surface area contributed by atoms with E-state index in [0.717, 1.165) is 30.9 Å². The highest BCUT2D eigenvalue weighted by molar-refractivity contribution is 7.09. The van der Waals surface area contributed by atoms with E-state index in [9.17, 15) is 0 Å². The Labute approximate surface area is 110 Å². The van der Waals surface area contributed by atoms with Crippen molar-refractivity contribution in [1.82, 2.24) is 5.32 Å². The molecule has 0 atom stereocenters. The van der Waals surface area contributed by atoms with Crippen LogP contribution in [0.5, 0.6) is 0 Å². The molecular formula is C15H15NOS. The van der Waals surface area contributed by atoms with Gasteiger partial charge in [-0.2, -0.15) is 0 Å². The fourth-order valence-corrected chi connectivity index (χ4v) is 2.71. The summed E-state index contributed by atoms with van der Waals surface area (Å²) in [4.78, 5) is 1.42. The first-order valence-corrected chi connectivity index (χ1v) is 7.00. The zero-order valence-electron chi connectivity index (χ0n) is 10.1. The van der Waals surface area contributed by atoms with Crippen molar-refractivity contribution in [1.29, 1.82) is 0 Å². The summed E-state index contributed by atoms with van der Waals surface area (Å²) >= 11 is 1.81. The van der Waals surface area contributed by atoms with E-state index in [1.54, 1.807) is 0 Å². The number of rotatable bonds is 5. The molecule has 18 heavy (non-hydrogen) atoms. The van der Waals surface area contributed by atoms with Gasteiger partial charge in [0.05, 0.1) is 6.54 Å². The summed E-state index contributed by atoms with van der Waals surface area (Å²) in [6.45, 7) is 1.78. The lowest BCUT2D eigenvalue weighted by Crippen LogP contribution is -2.15. The molecular weight excluding hydrogens is 242 g/mol. The molecule has 1 N–H and O–H groups in total. The van der Waals surface area contributed by atoms with Gasteiger partial charge in [-0.25, -0.2) is 0 Å². The summed E-state index contributed by atoms with van der Waals surface area (Å²) in [6, 6.07) is 14.5. The molecule has 0 fully saturated rings. The van der Waals surface area contributed by atoms with E-state index < -0.39 is 0 Å². The second kappa shape index (κ2) is 5.38. The van der Waals surface area contributed by atoms with Crippen LogP contribution in [0.25, 0.3) is 11.0 Å². The van der Waals surface area contributed by atoms with Gasteiger partial charge in [0.1, 0.15) is 11.3 Å². The van der Waals surface area contributed by atoms with E-state index in [1.165, 1.54) is 10.3 Å². The monoisotopic (exact) mass is 257 g/mol. The molecule has 3 heteroatoms. The number of hydrogen-bond acceptors (Lipinski definition) is 3. The maximum Gasteiger partial charge on any atom is 0.134 e.